The van der Waals surface area contributed by atoms with Crippen molar-refractivity contribution in [2.75, 3.05) is 27.2 Å². The molecule has 1 unspecified atom stereocenters. The van der Waals surface area contributed by atoms with E-state index < -0.39 is 11.5 Å². The third-order valence-corrected chi connectivity index (χ3v) is 3.52. The fraction of sp³-hybridized carbons (Fsp3) is 0.923. The number of nitrogens with zero attached hydrogens (tertiary/aromatic N) is 1. The first-order valence-electron chi connectivity index (χ1n) is 6.30. The Bertz CT molecular complexity index is 285. The van der Waals surface area contributed by atoms with Gasteiger partial charge in [-0.3, -0.25) is 4.79 Å². The Hall–Kier alpha value is -0.610. The lowest BCUT2D eigenvalue weighted by Crippen LogP contribution is -2.55. The lowest BCUT2D eigenvalue weighted by molar-refractivity contribution is -0.145. The maximum atomic E-state index is 11.4. The highest BCUT2D eigenvalue weighted by atomic mass is 16.4. The van der Waals surface area contributed by atoms with Gasteiger partial charge >= 0.3 is 5.97 Å². The maximum Gasteiger partial charge on any atom is 0.323 e. The molecule has 0 spiro atoms. The first kappa shape index (κ1) is 14.5. The van der Waals surface area contributed by atoms with Crippen LogP contribution in [0.3, 0.4) is 0 Å². The molecule has 1 saturated carbocycles. The fourth-order valence-corrected chi connectivity index (χ4v) is 2.39. The van der Waals surface area contributed by atoms with Crippen molar-refractivity contribution in [1.82, 2.24) is 10.2 Å². The first-order valence-corrected chi connectivity index (χ1v) is 6.30. The van der Waals surface area contributed by atoms with E-state index in [1.165, 1.54) is 0 Å². The molecule has 0 radical (unpaired) electrons. The van der Waals surface area contributed by atoms with E-state index in [1.807, 2.05) is 21.0 Å². The molecule has 0 heterocycles. The second kappa shape index (κ2) is 4.94. The van der Waals surface area contributed by atoms with Gasteiger partial charge in [0, 0.05) is 13.1 Å². The predicted octanol–water partition coefficient (Wildman–Crippen LogP) is 1.42. The molecule has 0 aromatic carbocycles. The van der Waals surface area contributed by atoms with Gasteiger partial charge in [-0.25, -0.2) is 0 Å². The Balaban J connectivity index is 2.55. The number of nitrogens with one attached hydrogen (secondary N) is 1. The molecule has 4 nitrogen and oxygen atoms in total. The number of carbonyl (C=O) groups is 1. The SMILES string of the molecule is CN(C)CC(C)(C)CNC(C)(C(=O)O)C1CC1. The van der Waals surface area contributed by atoms with Crippen LogP contribution in [-0.2, 0) is 4.79 Å². The lowest BCUT2D eigenvalue weighted by Gasteiger charge is -2.34. The van der Waals surface area contributed by atoms with Crippen molar-refractivity contribution in [3.05, 3.63) is 0 Å². The van der Waals surface area contributed by atoms with Crippen molar-refractivity contribution >= 4 is 5.97 Å². The van der Waals surface area contributed by atoms with Gasteiger partial charge in [0.05, 0.1) is 0 Å². The largest absolute Gasteiger partial charge is 0.480 e. The van der Waals surface area contributed by atoms with Crippen LogP contribution in [-0.4, -0.2) is 48.7 Å². The molecule has 0 aromatic rings. The molecule has 0 saturated heterocycles. The van der Waals surface area contributed by atoms with Crippen molar-refractivity contribution in [2.24, 2.45) is 11.3 Å². The van der Waals surface area contributed by atoms with E-state index in [0.717, 1.165) is 25.9 Å². The molecular weight excluding hydrogens is 216 g/mol. The molecule has 1 atom stereocenters. The third-order valence-electron chi connectivity index (χ3n) is 3.52. The van der Waals surface area contributed by atoms with Crippen LogP contribution in [0.2, 0.25) is 0 Å². The standard InChI is InChI=1S/C13H26N2O2/c1-12(2,9-15(4)5)8-14-13(3,11(16)17)10-6-7-10/h10,14H,6-9H2,1-5H3,(H,16,17). The van der Waals surface area contributed by atoms with Crippen LogP contribution < -0.4 is 5.32 Å². The monoisotopic (exact) mass is 242 g/mol. The summed E-state index contributed by atoms with van der Waals surface area (Å²) in [7, 11) is 4.08. The minimum absolute atomic E-state index is 0.0785. The number of hydrogen-bond acceptors (Lipinski definition) is 3. The highest BCUT2D eigenvalue weighted by molar-refractivity contribution is 5.79. The van der Waals surface area contributed by atoms with Crippen LogP contribution in [0.25, 0.3) is 0 Å². The van der Waals surface area contributed by atoms with Gasteiger partial charge in [-0.15, -0.1) is 0 Å². The summed E-state index contributed by atoms with van der Waals surface area (Å²) in [6, 6.07) is 0. The first-order chi connectivity index (χ1) is 7.67. The zero-order valence-corrected chi connectivity index (χ0v) is 11.7. The van der Waals surface area contributed by atoms with Crippen molar-refractivity contribution < 1.29 is 9.90 Å². The molecular formula is C13H26N2O2. The summed E-state index contributed by atoms with van der Waals surface area (Å²) < 4.78 is 0. The smallest absolute Gasteiger partial charge is 0.323 e. The number of hydrogen-bond donors (Lipinski definition) is 2. The van der Waals surface area contributed by atoms with Crippen LogP contribution in [0.4, 0.5) is 0 Å². The molecule has 1 fully saturated rings. The Morgan fingerprint density at radius 1 is 1.35 bits per heavy atom. The van der Waals surface area contributed by atoms with Crippen LogP contribution in [0, 0.1) is 11.3 Å². The van der Waals surface area contributed by atoms with E-state index in [2.05, 4.69) is 24.1 Å². The fourth-order valence-electron chi connectivity index (χ4n) is 2.39. The molecule has 0 aromatic heterocycles. The summed E-state index contributed by atoms with van der Waals surface area (Å²) in [5.74, 6) is -0.421. The van der Waals surface area contributed by atoms with Crippen molar-refractivity contribution in [2.45, 2.75) is 39.2 Å². The predicted molar refractivity (Wildman–Crippen MR) is 69.1 cm³/mol. The molecule has 1 aliphatic carbocycles. The molecule has 0 bridgehead atoms. The molecule has 100 valence electrons. The Morgan fingerprint density at radius 2 is 1.88 bits per heavy atom. The summed E-state index contributed by atoms with van der Waals surface area (Å²) in [6.45, 7) is 7.81. The average molecular weight is 242 g/mol. The zero-order chi connectivity index (χ0) is 13.3. The molecule has 4 heteroatoms. The van der Waals surface area contributed by atoms with Crippen molar-refractivity contribution in [3.63, 3.8) is 0 Å². The number of aliphatic carboxylic acids is 1. The van der Waals surface area contributed by atoms with Gasteiger partial charge in [0.15, 0.2) is 0 Å². The number of carboxylic acid groups (broad SMARTS) is 1. The van der Waals surface area contributed by atoms with Crippen LogP contribution in [0.1, 0.15) is 33.6 Å². The summed E-state index contributed by atoms with van der Waals surface area (Å²) in [5, 5.41) is 12.6. The maximum absolute atomic E-state index is 11.4. The Kier molecular flexibility index (Phi) is 4.20. The number of rotatable bonds is 7. The van der Waals surface area contributed by atoms with E-state index in [1.54, 1.807) is 0 Å². The topological polar surface area (TPSA) is 52.6 Å². The lowest BCUT2D eigenvalue weighted by atomic mass is 9.89. The quantitative estimate of drug-likeness (QED) is 0.709. The van der Waals surface area contributed by atoms with E-state index >= 15 is 0 Å². The molecule has 2 N–H and O–H groups in total. The third kappa shape index (κ3) is 3.96. The molecule has 0 aliphatic heterocycles. The van der Waals surface area contributed by atoms with Gasteiger partial charge in [-0.1, -0.05) is 13.8 Å². The van der Waals surface area contributed by atoms with Gasteiger partial charge in [0.25, 0.3) is 0 Å². The van der Waals surface area contributed by atoms with Gasteiger partial charge in [0.1, 0.15) is 5.54 Å². The van der Waals surface area contributed by atoms with Gasteiger partial charge in [-0.05, 0) is 45.2 Å². The zero-order valence-electron chi connectivity index (χ0n) is 11.7. The van der Waals surface area contributed by atoms with E-state index in [0.29, 0.717) is 5.92 Å². The van der Waals surface area contributed by atoms with Gasteiger partial charge < -0.3 is 15.3 Å². The Morgan fingerprint density at radius 3 is 2.24 bits per heavy atom. The summed E-state index contributed by atoms with van der Waals surface area (Å²) >= 11 is 0. The average Bonchev–Trinajstić information content (AvgIpc) is 2.95. The minimum atomic E-state index is -0.746. The van der Waals surface area contributed by atoms with Crippen molar-refractivity contribution in [1.29, 1.82) is 0 Å². The van der Waals surface area contributed by atoms with Crippen LogP contribution in [0.15, 0.2) is 0 Å². The van der Waals surface area contributed by atoms with Crippen LogP contribution >= 0.6 is 0 Å². The van der Waals surface area contributed by atoms with E-state index in [9.17, 15) is 9.90 Å². The highest BCUT2D eigenvalue weighted by Gasteiger charge is 2.47. The Labute approximate surface area is 104 Å². The van der Waals surface area contributed by atoms with Crippen molar-refractivity contribution in [3.8, 4) is 0 Å². The summed E-state index contributed by atoms with van der Waals surface area (Å²) in [4.78, 5) is 13.5. The van der Waals surface area contributed by atoms with Crippen LogP contribution in [0.5, 0.6) is 0 Å². The van der Waals surface area contributed by atoms with Gasteiger partial charge in [-0.2, -0.15) is 0 Å². The van der Waals surface area contributed by atoms with E-state index in [-0.39, 0.29) is 5.41 Å². The second-order valence-electron chi connectivity index (χ2n) is 6.54. The molecule has 1 rings (SSSR count). The van der Waals surface area contributed by atoms with Gasteiger partial charge in [0.2, 0.25) is 0 Å². The summed E-state index contributed by atoms with van der Waals surface area (Å²) in [6.07, 6.45) is 2.06. The van der Waals surface area contributed by atoms with E-state index in [4.69, 9.17) is 0 Å². The second-order valence-corrected chi connectivity index (χ2v) is 6.54. The number of carboxylic acids is 1. The molecule has 1 aliphatic rings. The highest BCUT2D eigenvalue weighted by Crippen LogP contribution is 2.40. The normalized spacial score (nSPS) is 20.4. The minimum Gasteiger partial charge on any atom is -0.480 e. The molecule has 0 amide bonds. The molecule has 17 heavy (non-hydrogen) atoms. The summed E-state index contributed by atoms with van der Waals surface area (Å²) in [5.41, 5.74) is -0.668.